The first-order valence-electron chi connectivity index (χ1n) is 5.83. The number of rotatable bonds is 3. The number of carbonyl (C=O) groups is 1. The first-order chi connectivity index (χ1) is 8.25. The molecule has 0 aliphatic carbocycles. The van der Waals surface area contributed by atoms with Crippen molar-refractivity contribution in [2.75, 3.05) is 23.8 Å². The lowest BCUT2D eigenvalue weighted by molar-refractivity contribution is 0.0941. The average Bonchev–Trinajstić information content (AvgIpc) is 2.38. The zero-order chi connectivity index (χ0) is 12.1. The Hall–Kier alpha value is -0.940. The third-order valence-electron chi connectivity index (χ3n) is 2.91. The quantitative estimate of drug-likeness (QED) is 0.892. The molecule has 0 radical (unpaired) electrons. The fourth-order valence-corrected chi connectivity index (χ4v) is 3.02. The molecule has 4 nitrogen and oxygen atoms in total. The first kappa shape index (κ1) is 15.1. The molecule has 1 aromatic heterocycles. The second kappa shape index (κ2) is 7.48. The maximum absolute atomic E-state index is 11.8. The number of hydrogen-bond acceptors (Lipinski definition) is 4. The van der Waals surface area contributed by atoms with Gasteiger partial charge in [0.25, 0.3) is 5.91 Å². The summed E-state index contributed by atoms with van der Waals surface area (Å²) in [6.07, 6.45) is 3.90. The van der Waals surface area contributed by atoms with Gasteiger partial charge in [-0.3, -0.25) is 4.79 Å². The molecule has 6 heteroatoms. The van der Waals surface area contributed by atoms with Gasteiger partial charge in [0.05, 0.1) is 11.9 Å². The van der Waals surface area contributed by atoms with Gasteiger partial charge in [0.1, 0.15) is 5.69 Å². The van der Waals surface area contributed by atoms with Crippen molar-refractivity contribution < 1.29 is 4.79 Å². The van der Waals surface area contributed by atoms with Gasteiger partial charge in [-0.25, -0.2) is 4.98 Å². The van der Waals surface area contributed by atoms with Crippen LogP contribution in [0.15, 0.2) is 18.3 Å². The summed E-state index contributed by atoms with van der Waals surface area (Å²) in [6, 6.07) is 3.35. The fourth-order valence-electron chi connectivity index (χ4n) is 1.82. The maximum atomic E-state index is 11.8. The van der Waals surface area contributed by atoms with E-state index in [2.05, 4.69) is 10.3 Å². The van der Waals surface area contributed by atoms with Crippen LogP contribution in [0.2, 0.25) is 0 Å². The minimum Gasteiger partial charge on any atom is -0.397 e. The predicted octanol–water partition coefficient (Wildman–Crippen LogP) is 1.96. The lowest BCUT2D eigenvalue weighted by Crippen LogP contribution is -2.31. The number of hydrogen-bond donors (Lipinski definition) is 2. The molecule has 100 valence electrons. The summed E-state index contributed by atoms with van der Waals surface area (Å²) < 4.78 is 0. The molecule has 1 fully saturated rings. The lowest BCUT2D eigenvalue weighted by Gasteiger charge is -2.21. The van der Waals surface area contributed by atoms with Crippen molar-refractivity contribution in [1.29, 1.82) is 0 Å². The highest BCUT2D eigenvalue weighted by atomic mass is 35.5. The molecule has 0 bridgehead atoms. The minimum atomic E-state index is -0.108. The van der Waals surface area contributed by atoms with Gasteiger partial charge in [-0.1, -0.05) is 0 Å². The Bertz CT molecular complexity index is 379. The summed E-state index contributed by atoms with van der Waals surface area (Å²) in [4.78, 5) is 15.8. The molecule has 1 aromatic rings. The van der Waals surface area contributed by atoms with E-state index in [1.54, 1.807) is 12.1 Å². The largest absolute Gasteiger partial charge is 0.397 e. The van der Waals surface area contributed by atoms with Crippen LogP contribution in [0.3, 0.4) is 0 Å². The van der Waals surface area contributed by atoms with Crippen LogP contribution < -0.4 is 11.1 Å². The second-order valence-electron chi connectivity index (χ2n) is 4.24. The molecule has 0 spiro atoms. The van der Waals surface area contributed by atoms with E-state index in [0.29, 0.717) is 17.3 Å². The minimum absolute atomic E-state index is 0. The molecule has 1 aliphatic rings. The monoisotopic (exact) mass is 287 g/mol. The van der Waals surface area contributed by atoms with Crippen LogP contribution in [-0.4, -0.2) is 28.9 Å². The van der Waals surface area contributed by atoms with Gasteiger partial charge >= 0.3 is 0 Å². The smallest absolute Gasteiger partial charge is 0.269 e. The molecule has 0 aromatic carbocycles. The van der Waals surface area contributed by atoms with Gasteiger partial charge in [0.2, 0.25) is 0 Å². The SMILES string of the molecule is Cl.Nc1ccc(C(=O)NCC2CCSCC2)nc1. The number of nitrogens with one attached hydrogen (secondary N) is 1. The molecular formula is C12H18ClN3OS. The first-order valence-corrected chi connectivity index (χ1v) is 6.98. The Kier molecular flexibility index (Phi) is 6.29. The van der Waals surface area contributed by atoms with E-state index in [-0.39, 0.29) is 18.3 Å². The molecule has 2 heterocycles. The third-order valence-corrected chi connectivity index (χ3v) is 3.96. The summed E-state index contributed by atoms with van der Waals surface area (Å²) >= 11 is 1.99. The van der Waals surface area contributed by atoms with Gasteiger partial charge in [0.15, 0.2) is 0 Å². The highest BCUT2D eigenvalue weighted by molar-refractivity contribution is 7.99. The van der Waals surface area contributed by atoms with Crippen molar-refractivity contribution in [2.45, 2.75) is 12.8 Å². The van der Waals surface area contributed by atoms with E-state index in [4.69, 9.17) is 5.73 Å². The van der Waals surface area contributed by atoms with Gasteiger partial charge < -0.3 is 11.1 Å². The van der Waals surface area contributed by atoms with E-state index in [9.17, 15) is 4.79 Å². The molecular weight excluding hydrogens is 270 g/mol. The van der Waals surface area contributed by atoms with Crippen molar-refractivity contribution in [3.8, 4) is 0 Å². The van der Waals surface area contributed by atoms with E-state index >= 15 is 0 Å². The van der Waals surface area contributed by atoms with Crippen molar-refractivity contribution in [3.63, 3.8) is 0 Å². The molecule has 18 heavy (non-hydrogen) atoms. The number of pyridine rings is 1. The molecule has 0 saturated carbocycles. The standard InChI is InChI=1S/C12H17N3OS.ClH/c13-10-1-2-11(14-8-10)12(16)15-7-9-3-5-17-6-4-9;/h1-2,8-9H,3-7,13H2,(H,15,16);1H. The van der Waals surface area contributed by atoms with Crippen LogP contribution in [0.4, 0.5) is 5.69 Å². The molecule has 2 rings (SSSR count). The average molecular weight is 288 g/mol. The molecule has 0 unspecified atom stereocenters. The Morgan fingerprint density at radius 1 is 1.44 bits per heavy atom. The number of carbonyl (C=O) groups excluding carboxylic acids is 1. The lowest BCUT2D eigenvalue weighted by atomic mass is 10.0. The van der Waals surface area contributed by atoms with E-state index in [0.717, 1.165) is 6.54 Å². The van der Waals surface area contributed by atoms with Crippen LogP contribution in [-0.2, 0) is 0 Å². The molecule has 1 aliphatic heterocycles. The number of nitrogens with zero attached hydrogens (tertiary/aromatic N) is 1. The van der Waals surface area contributed by atoms with Crippen LogP contribution in [0.1, 0.15) is 23.3 Å². The highest BCUT2D eigenvalue weighted by Crippen LogP contribution is 2.21. The topological polar surface area (TPSA) is 68.0 Å². The molecule has 1 saturated heterocycles. The Morgan fingerprint density at radius 3 is 2.78 bits per heavy atom. The number of amides is 1. The Morgan fingerprint density at radius 2 is 2.17 bits per heavy atom. The van der Waals surface area contributed by atoms with Crippen LogP contribution in [0, 0.1) is 5.92 Å². The van der Waals surface area contributed by atoms with Gasteiger partial charge in [-0.05, 0) is 42.4 Å². The number of anilines is 1. The molecule has 0 atom stereocenters. The Balaban J connectivity index is 0.00000162. The summed E-state index contributed by atoms with van der Waals surface area (Å²) in [5.41, 5.74) is 6.53. The third kappa shape index (κ3) is 4.38. The van der Waals surface area contributed by atoms with E-state index in [1.807, 2.05) is 11.8 Å². The van der Waals surface area contributed by atoms with Crippen LogP contribution in [0.25, 0.3) is 0 Å². The molecule has 1 amide bonds. The normalized spacial score (nSPS) is 15.8. The van der Waals surface area contributed by atoms with E-state index < -0.39 is 0 Å². The number of nitrogens with two attached hydrogens (primary N) is 1. The van der Waals surface area contributed by atoms with Crippen molar-refractivity contribution in [2.24, 2.45) is 5.92 Å². The number of aromatic nitrogens is 1. The second-order valence-corrected chi connectivity index (χ2v) is 5.47. The van der Waals surface area contributed by atoms with Crippen molar-refractivity contribution >= 4 is 35.8 Å². The Labute approximate surface area is 118 Å². The molecule has 3 N–H and O–H groups in total. The zero-order valence-electron chi connectivity index (χ0n) is 10.1. The zero-order valence-corrected chi connectivity index (χ0v) is 11.7. The summed E-state index contributed by atoms with van der Waals surface area (Å²) in [7, 11) is 0. The van der Waals surface area contributed by atoms with Gasteiger partial charge in [0, 0.05) is 6.54 Å². The van der Waals surface area contributed by atoms with Gasteiger partial charge in [-0.2, -0.15) is 11.8 Å². The van der Waals surface area contributed by atoms with Crippen LogP contribution in [0.5, 0.6) is 0 Å². The number of nitrogen functional groups attached to an aromatic ring is 1. The van der Waals surface area contributed by atoms with Crippen LogP contribution >= 0.6 is 24.2 Å². The van der Waals surface area contributed by atoms with Crippen molar-refractivity contribution in [1.82, 2.24) is 10.3 Å². The van der Waals surface area contributed by atoms with E-state index in [1.165, 1.54) is 30.5 Å². The fraction of sp³-hybridized carbons (Fsp3) is 0.500. The summed E-state index contributed by atoms with van der Waals surface area (Å²) in [5, 5.41) is 2.94. The number of halogens is 1. The van der Waals surface area contributed by atoms with Gasteiger partial charge in [-0.15, -0.1) is 12.4 Å². The maximum Gasteiger partial charge on any atom is 0.269 e. The highest BCUT2D eigenvalue weighted by Gasteiger charge is 2.15. The van der Waals surface area contributed by atoms with Crippen molar-refractivity contribution in [3.05, 3.63) is 24.0 Å². The number of thioether (sulfide) groups is 1. The predicted molar refractivity (Wildman–Crippen MR) is 78.3 cm³/mol. The summed E-state index contributed by atoms with van der Waals surface area (Å²) in [5.74, 6) is 2.93. The summed E-state index contributed by atoms with van der Waals surface area (Å²) in [6.45, 7) is 0.755.